The largest absolute Gasteiger partial charge is 0.481 e. The van der Waals surface area contributed by atoms with Crippen molar-refractivity contribution in [2.24, 2.45) is 17.2 Å². The summed E-state index contributed by atoms with van der Waals surface area (Å²) in [5.41, 5.74) is 20.0. The van der Waals surface area contributed by atoms with E-state index in [0.29, 0.717) is 55.7 Å². The van der Waals surface area contributed by atoms with E-state index >= 15 is 0 Å². The Bertz CT molecular complexity index is 3140. The number of para-hydroxylation sites is 1. The first-order valence-electron chi connectivity index (χ1n) is 40.4. The minimum absolute atomic E-state index is 0.0558. The van der Waals surface area contributed by atoms with Crippen molar-refractivity contribution in [1.82, 2.24) is 86.8 Å². The van der Waals surface area contributed by atoms with Crippen LogP contribution in [0.4, 0.5) is 5.69 Å². The first-order chi connectivity index (χ1) is 51.4. The van der Waals surface area contributed by atoms with Crippen LogP contribution in [0.15, 0.2) is 35.1 Å². The zero-order valence-corrected chi connectivity index (χ0v) is 63.6. The Hall–Kier alpha value is -5.42. The van der Waals surface area contributed by atoms with E-state index in [2.05, 4.69) is 88.6 Å². The molecule has 590 valence electrons. The lowest BCUT2D eigenvalue weighted by Gasteiger charge is -2.37. The van der Waals surface area contributed by atoms with Gasteiger partial charge < -0.3 is 89.5 Å². The number of aromatic nitrogens is 2. The van der Waals surface area contributed by atoms with Gasteiger partial charge in [-0.2, -0.15) is 0 Å². The van der Waals surface area contributed by atoms with Crippen molar-refractivity contribution in [2.75, 3.05) is 234 Å². The molecule has 0 radical (unpaired) electrons. The van der Waals surface area contributed by atoms with E-state index in [9.17, 15) is 24.0 Å². The average molecular weight is 1470 g/mol. The Labute approximate surface area is 624 Å². The summed E-state index contributed by atoms with van der Waals surface area (Å²) in [5, 5.41) is 46.0. The van der Waals surface area contributed by atoms with Gasteiger partial charge in [-0.05, 0) is 69.9 Å². The Balaban J connectivity index is 0.797. The fraction of sp³-hybridized carbons (Fsp3) is 0.763. The number of cyclic esters (lactones) is 1. The van der Waals surface area contributed by atoms with Crippen molar-refractivity contribution in [3.8, 4) is 11.4 Å². The number of nitrogens with zero attached hydrogens (tertiary/aromatic N) is 8. The van der Waals surface area contributed by atoms with Crippen LogP contribution in [0.25, 0.3) is 22.3 Å². The Morgan fingerprint density at radius 2 is 1.06 bits per heavy atom. The molecule has 2 aliphatic heterocycles. The molecule has 4 heterocycles. The molecule has 1 atom stereocenters. The number of nitrogens with two attached hydrogens (primary N) is 3. The SMILES string of the molecule is CC[C@@]1(OC(=O)CNC(=O)CCC(=O)O)C(=O)OCc2c1cc1n(c2=O)Cc2c-1nc1ccccc1c2NCCN(CCNC1CCC1)CCN(CCNC1CCC1)CCN(CCN)CCNCCN(CCNCCN(CCNCCN)C1CCC1)CCN(CCN)CCNCCNCCNC1CCC1. The van der Waals surface area contributed by atoms with Gasteiger partial charge in [0.2, 0.25) is 11.5 Å². The summed E-state index contributed by atoms with van der Waals surface area (Å²) in [6.45, 7) is 31.8. The zero-order chi connectivity index (χ0) is 73.9. The number of amides is 1. The standard InChI is InChI=1S/C76H133N21O8/c1-2-76(105-71(101)56-89-69(98)19-20-70(99)100)66-55-68-73-64(57-97(68)74(102)65(66)58-104-75(76)103)72(63-17-3-4-18-67(63)90-73)88-37-46-94(44-35-86-60-11-6-12-60)52-54-95(45-36-87-61-13-7-14-61)53-50-92(39-23-79)41-30-83-31-42-93(43-32-84-34-48-96(62-15-8-16-62)47-33-80-24-21-77)51-49-91(38-22-78)40-29-82-26-25-81-27-28-85-59-9-5-10-59/h3-4,17-18,55,59-62,80-87H,2,5-16,19-54,56-58,77-79H2,1H3,(H,88,90)(H,89,98)(H,99,100)/t76-/m0/s1. The Morgan fingerprint density at radius 3 is 1.58 bits per heavy atom. The monoisotopic (exact) mass is 1470 g/mol. The van der Waals surface area contributed by atoms with Gasteiger partial charge in [-0.3, -0.25) is 48.6 Å². The second-order valence-corrected chi connectivity index (χ2v) is 29.7. The van der Waals surface area contributed by atoms with Crippen molar-refractivity contribution in [2.45, 2.75) is 146 Å². The molecule has 9 rings (SSSR count). The second-order valence-electron chi connectivity index (χ2n) is 29.7. The molecule has 29 nitrogen and oxygen atoms in total. The van der Waals surface area contributed by atoms with Gasteiger partial charge in [0.05, 0.1) is 41.1 Å². The summed E-state index contributed by atoms with van der Waals surface area (Å²) in [5.74, 6) is -3.58. The molecular weight excluding hydrogens is 1330 g/mol. The first kappa shape index (κ1) is 83.6. The van der Waals surface area contributed by atoms with Crippen LogP contribution >= 0.6 is 0 Å². The summed E-state index contributed by atoms with van der Waals surface area (Å²) in [6, 6.07) is 12.3. The smallest absolute Gasteiger partial charge is 0.355 e. The molecule has 4 aliphatic carbocycles. The van der Waals surface area contributed by atoms with Crippen LogP contribution < -0.4 is 75.9 Å². The number of carbonyl (C=O) groups is 4. The molecule has 4 saturated carbocycles. The minimum atomic E-state index is -1.98. The molecule has 4 fully saturated rings. The molecular formula is C76H133N21O8. The van der Waals surface area contributed by atoms with Crippen LogP contribution in [0.1, 0.15) is 120 Å². The lowest BCUT2D eigenvalue weighted by atomic mass is 9.85. The number of rotatable bonds is 60. The molecule has 3 aromatic rings. The van der Waals surface area contributed by atoms with Crippen LogP contribution in [-0.4, -0.2) is 321 Å². The van der Waals surface area contributed by atoms with E-state index in [0.717, 1.165) is 225 Å². The summed E-state index contributed by atoms with van der Waals surface area (Å²) >= 11 is 0. The molecule has 0 unspecified atom stereocenters. The Morgan fingerprint density at radius 1 is 0.571 bits per heavy atom. The third-order valence-electron chi connectivity index (χ3n) is 22.4. The number of hydrogen-bond donors (Lipinski definition) is 14. The number of esters is 2. The van der Waals surface area contributed by atoms with Crippen molar-refractivity contribution in [1.29, 1.82) is 0 Å². The normalized spacial score (nSPS) is 17.5. The van der Waals surface area contributed by atoms with Crippen LogP contribution in [0, 0.1) is 0 Å². The summed E-state index contributed by atoms with van der Waals surface area (Å²) in [7, 11) is 0. The van der Waals surface area contributed by atoms with E-state index in [1.54, 1.807) is 17.6 Å². The summed E-state index contributed by atoms with van der Waals surface area (Å²) in [4.78, 5) is 86.0. The van der Waals surface area contributed by atoms with Crippen molar-refractivity contribution < 1.29 is 33.8 Å². The molecule has 17 N–H and O–H groups in total. The van der Waals surface area contributed by atoms with Gasteiger partial charge in [-0.25, -0.2) is 9.78 Å². The topological polar surface area (TPSA) is 360 Å². The quantitative estimate of drug-likeness (QED) is 0.0198. The Kier molecular flexibility index (Phi) is 36.8. The average Bonchev–Trinajstić information content (AvgIpc) is 1.69. The number of ether oxygens (including phenoxy) is 2. The van der Waals surface area contributed by atoms with Crippen molar-refractivity contribution >= 4 is 40.4 Å². The highest BCUT2D eigenvalue weighted by Gasteiger charge is 2.51. The molecule has 29 heteroatoms. The predicted molar refractivity (Wildman–Crippen MR) is 417 cm³/mol. The van der Waals surface area contributed by atoms with Gasteiger partial charge in [-0.15, -0.1) is 0 Å². The molecule has 2 aromatic heterocycles. The molecule has 0 bridgehead atoms. The number of carboxylic acids is 1. The van der Waals surface area contributed by atoms with Gasteiger partial charge in [0, 0.05) is 270 Å². The second kappa shape index (κ2) is 46.2. The number of carboxylic acid groups (broad SMARTS) is 1. The lowest BCUT2D eigenvalue weighted by molar-refractivity contribution is -0.189. The van der Waals surface area contributed by atoms with Gasteiger partial charge in [-0.1, -0.05) is 50.8 Å². The molecule has 0 saturated heterocycles. The third-order valence-corrected chi connectivity index (χ3v) is 22.4. The maximum atomic E-state index is 14.7. The minimum Gasteiger partial charge on any atom is -0.481 e. The van der Waals surface area contributed by atoms with E-state index in [1.807, 2.05) is 18.2 Å². The highest BCUT2D eigenvalue weighted by atomic mass is 16.6. The fourth-order valence-electron chi connectivity index (χ4n) is 14.9. The van der Waals surface area contributed by atoms with Gasteiger partial charge in [0.1, 0.15) is 13.2 Å². The summed E-state index contributed by atoms with van der Waals surface area (Å²) in [6.07, 6.45) is 14.6. The molecule has 1 amide bonds. The number of carbonyl (C=O) groups excluding carboxylic acids is 3. The van der Waals surface area contributed by atoms with Crippen molar-refractivity contribution in [3.05, 3.63) is 57.4 Å². The van der Waals surface area contributed by atoms with Crippen LogP contribution in [0.3, 0.4) is 0 Å². The highest BCUT2D eigenvalue weighted by molar-refractivity contribution is 5.97. The first-order valence-corrected chi connectivity index (χ1v) is 40.4. The molecule has 0 spiro atoms. The number of hydrogen-bond acceptors (Lipinski definition) is 26. The van der Waals surface area contributed by atoms with E-state index < -0.39 is 42.4 Å². The maximum Gasteiger partial charge on any atom is 0.355 e. The van der Waals surface area contributed by atoms with Gasteiger partial charge in [0.25, 0.3) is 5.56 Å². The van der Waals surface area contributed by atoms with Crippen LogP contribution in [-0.2, 0) is 47.4 Å². The lowest BCUT2D eigenvalue weighted by Crippen LogP contribution is -2.48. The number of benzene rings is 1. The van der Waals surface area contributed by atoms with Crippen LogP contribution in [0.2, 0.25) is 0 Å². The number of nitrogens with one attached hydrogen (secondary N) is 10. The van der Waals surface area contributed by atoms with Gasteiger partial charge >= 0.3 is 17.9 Å². The highest BCUT2D eigenvalue weighted by Crippen LogP contribution is 2.43. The maximum absolute atomic E-state index is 14.7. The van der Waals surface area contributed by atoms with E-state index in [1.165, 1.54) is 77.0 Å². The number of fused-ring (bicyclic) bond motifs is 5. The van der Waals surface area contributed by atoms with E-state index in [4.69, 9.17) is 36.8 Å². The predicted octanol–water partition coefficient (Wildman–Crippen LogP) is -0.362. The van der Waals surface area contributed by atoms with Gasteiger partial charge in [0.15, 0.2) is 0 Å². The third kappa shape index (κ3) is 26.7. The number of aliphatic carboxylic acids is 1. The van der Waals surface area contributed by atoms with E-state index in [-0.39, 0.29) is 42.7 Å². The molecule has 6 aliphatic rings. The molecule has 105 heavy (non-hydrogen) atoms. The van der Waals surface area contributed by atoms with Crippen molar-refractivity contribution in [3.63, 3.8) is 0 Å². The van der Waals surface area contributed by atoms with Crippen LogP contribution in [0.5, 0.6) is 0 Å². The molecule has 1 aromatic carbocycles. The number of pyridine rings is 2. The zero-order valence-electron chi connectivity index (χ0n) is 63.6. The fourth-order valence-corrected chi connectivity index (χ4v) is 14.9. The summed E-state index contributed by atoms with van der Waals surface area (Å²) < 4.78 is 13.1. The number of anilines is 1.